The van der Waals surface area contributed by atoms with Gasteiger partial charge in [0.1, 0.15) is 5.82 Å². The van der Waals surface area contributed by atoms with Crippen LogP contribution in [0.5, 0.6) is 0 Å². The highest BCUT2D eigenvalue weighted by atomic mass is 35.5. The molecule has 0 bridgehead atoms. The fourth-order valence-corrected chi connectivity index (χ4v) is 1.89. The summed E-state index contributed by atoms with van der Waals surface area (Å²) in [4.78, 5) is 11.9. The summed E-state index contributed by atoms with van der Waals surface area (Å²) >= 11 is 5.60. The Morgan fingerprint density at radius 3 is 2.60 bits per heavy atom. The molecule has 0 atom stereocenters. The number of benzene rings is 1. The molecule has 1 aromatic rings. The van der Waals surface area contributed by atoms with E-state index in [4.69, 9.17) is 17.3 Å². The lowest BCUT2D eigenvalue weighted by Crippen LogP contribution is -2.53. The summed E-state index contributed by atoms with van der Waals surface area (Å²) in [5, 5.41) is 0.281. The van der Waals surface area contributed by atoms with Crippen LogP contribution in [-0.4, -0.2) is 11.3 Å². The minimum absolute atomic E-state index is 0.0431. The van der Waals surface area contributed by atoms with Gasteiger partial charge in [0.15, 0.2) is 5.78 Å². The molecule has 0 aliphatic heterocycles. The van der Waals surface area contributed by atoms with E-state index in [9.17, 15) is 9.18 Å². The molecule has 0 heterocycles. The first kappa shape index (κ1) is 10.6. The molecule has 2 nitrogen and oxygen atoms in total. The molecule has 80 valence electrons. The Hall–Kier alpha value is -0.930. The van der Waals surface area contributed by atoms with E-state index in [1.807, 2.05) is 0 Å². The van der Waals surface area contributed by atoms with E-state index < -0.39 is 11.4 Å². The Morgan fingerprint density at radius 1 is 1.47 bits per heavy atom. The van der Waals surface area contributed by atoms with Crippen LogP contribution in [0, 0.1) is 5.82 Å². The maximum atomic E-state index is 13.4. The molecule has 15 heavy (non-hydrogen) atoms. The number of carbonyl (C=O) groups excluding carboxylic acids is 1. The smallest absolute Gasteiger partial charge is 0.185 e. The molecule has 4 heteroatoms. The number of nitrogens with two attached hydrogens (primary N) is 1. The maximum absolute atomic E-state index is 13.4. The Balaban J connectivity index is 2.33. The second-order valence-corrected chi connectivity index (χ2v) is 4.40. The van der Waals surface area contributed by atoms with Gasteiger partial charge in [-0.1, -0.05) is 11.6 Å². The molecular formula is C11H11ClFNO. The number of ketones is 1. The molecule has 0 radical (unpaired) electrons. The van der Waals surface area contributed by atoms with Crippen molar-refractivity contribution < 1.29 is 9.18 Å². The molecule has 1 aliphatic rings. The lowest BCUT2D eigenvalue weighted by molar-refractivity contribution is 0.0796. The molecular weight excluding hydrogens is 217 g/mol. The van der Waals surface area contributed by atoms with Crippen LogP contribution < -0.4 is 5.73 Å². The van der Waals surface area contributed by atoms with Crippen molar-refractivity contribution in [1.82, 2.24) is 0 Å². The molecule has 1 aromatic carbocycles. The van der Waals surface area contributed by atoms with E-state index >= 15 is 0 Å². The second kappa shape index (κ2) is 3.58. The Morgan fingerprint density at radius 2 is 2.13 bits per heavy atom. The van der Waals surface area contributed by atoms with Gasteiger partial charge in [0.2, 0.25) is 0 Å². The number of rotatable bonds is 2. The van der Waals surface area contributed by atoms with Crippen molar-refractivity contribution in [3.63, 3.8) is 0 Å². The van der Waals surface area contributed by atoms with Gasteiger partial charge in [-0.15, -0.1) is 0 Å². The molecule has 1 aliphatic carbocycles. The van der Waals surface area contributed by atoms with Crippen LogP contribution in [0.1, 0.15) is 29.6 Å². The predicted octanol–water partition coefficient (Wildman–Crippen LogP) is 2.54. The van der Waals surface area contributed by atoms with E-state index in [1.54, 1.807) is 0 Å². The minimum atomic E-state index is -0.853. The van der Waals surface area contributed by atoms with Crippen molar-refractivity contribution >= 4 is 17.4 Å². The largest absolute Gasteiger partial charge is 0.319 e. The predicted molar refractivity (Wildman–Crippen MR) is 56.5 cm³/mol. The standard InChI is InChI=1S/C11H11ClFNO/c12-7-2-3-8(9(13)6-7)10(15)11(14)4-1-5-11/h2-3,6H,1,4-5,14H2. The van der Waals surface area contributed by atoms with Gasteiger partial charge in [0.25, 0.3) is 0 Å². The van der Waals surface area contributed by atoms with Crippen LogP contribution in [0.2, 0.25) is 5.02 Å². The SMILES string of the molecule is NC1(C(=O)c2ccc(Cl)cc2F)CCC1. The molecule has 1 saturated carbocycles. The monoisotopic (exact) mass is 227 g/mol. The molecule has 0 spiro atoms. The molecule has 0 saturated heterocycles. The summed E-state index contributed by atoms with van der Waals surface area (Å²) in [7, 11) is 0. The van der Waals surface area contributed by atoms with Crippen molar-refractivity contribution in [2.75, 3.05) is 0 Å². The topological polar surface area (TPSA) is 43.1 Å². The van der Waals surface area contributed by atoms with Crippen LogP contribution in [0.4, 0.5) is 4.39 Å². The Bertz CT molecular complexity index is 415. The Kier molecular flexibility index (Phi) is 2.52. The number of carbonyl (C=O) groups is 1. The highest BCUT2D eigenvalue weighted by Crippen LogP contribution is 2.33. The van der Waals surface area contributed by atoms with E-state index in [0.29, 0.717) is 12.8 Å². The third-order valence-corrected chi connectivity index (χ3v) is 3.11. The van der Waals surface area contributed by atoms with E-state index in [-0.39, 0.29) is 16.4 Å². The Labute approximate surface area is 92.2 Å². The molecule has 0 amide bonds. The summed E-state index contributed by atoms with van der Waals surface area (Å²) in [6.07, 6.45) is 2.19. The van der Waals surface area contributed by atoms with E-state index in [2.05, 4.69) is 0 Å². The van der Waals surface area contributed by atoms with Crippen LogP contribution in [-0.2, 0) is 0 Å². The fraction of sp³-hybridized carbons (Fsp3) is 0.364. The highest BCUT2D eigenvalue weighted by Gasteiger charge is 2.41. The summed E-state index contributed by atoms with van der Waals surface area (Å²) < 4.78 is 13.4. The van der Waals surface area contributed by atoms with Crippen LogP contribution in [0.25, 0.3) is 0 Å². The third-order valence-electron chi connectivity index (χ3n) is 2.87. The molecule has 2 rings (SSSR count). The van der Waals surface area contributed by atoms with Gasteiger partial charge in [-0.05, 0) is 37.5 Å². The van der Waals surface area contributed by atoms with Crippen LogP contribution >= 0.6 is 11.6 Å². The van der Waals surface area contributed by atoms with Crippen molar-refractivity contribution in [2.45, 2.75) is 24.8 Å². The quantitative estimate of drug-likeness (QED) is 0.789. The third kappa shape index (κ3) is 1.77. The zero-order valence-corrected chi connectivity index (χ0v) is 8.85. The van der Waals surface area contributed by atoms with E-state index in [1.165, 1.54) is 12.1 Å². The highest BCUT2D eigenvalue weighted by molar-refractivity contribution is 6.30. The number of hydrogen-bond donors (Lipinski definition) is 1. The van der Waals surface area contributed by atoms with E-state index in [0.717, 1.165) is 12.5 Å². The summed E-state index contributed by atoms with van der Waals surface area (Å²) in [5.41, 5.74) is 5.03. The number of Topliss-reactive ketones (excluding diaryl/α,β-unsaturated/α-hetero) is 1. The van der Waals surface area contributed by atoms with Gasteiger partial charge in [-0.3, -0.25) is 4.79 Å². The summed E-state index contributed by atoms with van der Waals surface area (Å²) in [5.74, 6) is -0.910. The zero-order valence-electron chi connectivity index (χ0n) is 8.09. The van der Waals surface area contributed by atoms with Crippen molar-refractivity contribution in [3.05, 3.63) is 34.6 Å². The van der Waals surface area contributed by atoms with Crippen molar-refractivity contribution in [2.24, 2.45) is 5.73 Å². The minimum Gasteiger partial charge on any atom is -0.319 e. The summed E-state index contributed by atoms with van der Waals surface area (Å²) in [6.45, 7) is 0. The molecule has 0 aromatic heterocycles. The van der Waals surface area contributed by atoms with Crippen molar-refractivity contribution in [1.29, 1.82) is 0 Å². The zero-order chi connectivity index (χ0) is 11.1. The first-order valence-electron chi connectivity index (χ1n) is 4.82. The van der Waals surface area contributed by atoms with Gasteiger partial charge in [0.05, 0.1) is 11.1 Å². The van der Waals surface area contributed by atoms with Gasteiger partial charge >= 0.3 is 0 Å². The first-order chi connectivity index (χ1) is 7.03. The lowest BCUT2D eigenvalue weighted by atomic mass is 9.73. The maximum Gasteiger partial charge on any atom is 0.185 e. The average molecular weight is 228 g/mol. The number of hydrogen-bond acceptors (Lipinski definition) is 2. The van der Waals surface area contributed by atoms with Crippen LogP contribution in [0.15, 0.2) is 18.2 Å². The molecule has 1 fully saturated rings. The second-order valence-electron chi connectivity index (χ2n) is 3.96. The van der Waals surface area contributed by atoms with Gasteiger partial charge < -0.3 is 5.73 Å². The molecule has 2 N–H and O–H groups in total. The van der Waals surface area contributed by atoms with Crippen LogP contribution in [0.3, 0.4) is 0 Å². The molecule has 0 unspecified atom stereocenters. The normalized spacial score (nSPS) is 18.3. The van der Waals surface area contributed by atoms with Gasteiger partial charge in [-0.25, -0.2) is 4.39 Å². The van der Waals surface area contributed by atoms with Crippen molar-refractivity contribution in [3.8, 4) is 0 Å². The first-order valence-corrected chi connectivity index (χ1v) is 5.19. The average Bonchev–Trinajstić information content (AvgIpc) is 2.13. The van der Waals surface area contributed by atoms with Gasteiger partial charge in [-0.2, -0.15) is 0 Å². The number of halogens is 2. The van der Waals surface area contributed by atoms with Gasteiger partial charge in [0, 0.05) is 5.02 Å². The lowest BCUT2D eigenvalue weighted by Gasteiger charge is -2.36. The summed E-state index contributed by atoms with van der Waals surface area (Å²) in [6, 6.07) is 4.03. The fourth-order valence-electron chi connectivity index (χ4n) is 1.73.